The van der Waals surface area contributed by atoms with Crippen LogP contribution in [0.4, 0.5) is 0 Å². The van der Waals surface area contributed by atoms with Crippen molar-refractivity contribution in [2.24, 2.45) is 0 Å². The van der Waals surface area contributed by atoms with E-state index in [0.717, 1.165) is 25.7 Å². The molecule has 2 N–H and O–H groups in total. The predicted octanol–water partition coefficient (Wildman–Crippen LogP) is 3.78. The zero-order valence-corrected chi connectivity index (χ0v) is 9.84. The van der Waals surface area contributed by atoms with Crippen LogP contribution in [0.3, 0.4) is 0 Å². The summed E-state index contributed by atoms with van der Waals surface area (Å²) in [5.41, 5.74) is 14.6. The first-order valence-corrected chi connectivity index (χ1v) is 9.08. The Balaban J connectivity index is 0.000000292. The van der Waals surface area contributed by atoms with Gasteiger partial charge in [-0.15, -0.1) is 12.1 Å². The Morgan fingerprint density at radius 3 is 1.64 bits per heavy atom. The van der Waals surface area contributed by atoms with Gasteiger partial charge in [-0.1, -0.05) is 25.7 Å². The monoisotopic (exact) mass is 377 g/mol. The Bertz CT molecular complexity index is 86.7. The fourth-order valence-electron chi connectivity index (χ4n) is 1.19. The normalized spacial score (nSPS) is 30.9. The van der Waals surface area contributed by atoms with E-state index in [1.165, 1.54) is 0 Å². The van der Waals surface area contributed by atoms with Crippen LogP contribution in [0.2, 0.25) is 0 Å². The molecule has 0 bridgehead atoms. The van der Waals surface area contributed by atoms with Crippen LogP contribution in [0, 0.1) is 0 Å². The van der Waals surface area contributed by atoms with Gasteiger partial charge in [-0.3, -0.25) is 0 Å². The van der Waals surface area contributed by atoms with Gasteiger partial charge >= 0.3 is 35.3 Å². The van der Waals surface area contributed by atoms with Crippen molar-refractivity contribution < 1.29 is 16.5 Å². The Labute approximate surface area is 84.4 Å². The Morgan fingerprint density at radius 1 is 1.09 bits per heavy atom. The molecule has 1 rings (SSSR count). The summed E-state index contributed by atoms with van der Waals surface area (Å²) < 4.78 is 0. The van der Waals surface area contributed by atoms with Crippen molar-refractivity contribution in [3.05, 3.63) is 11.5 Å². The first kappa shape index (κ1) is 12.2. The molecular weight excluding hydrogens is 366 g/mol. The van der Waals surface area contributed by atoms with Crippen molar-refractivity contribution in [2.75, 3.05) is 0 Å². The Hall–Kier alpha value is 1.19. The van der Waals surface area contributed by atoms with Crippen molar-refractivity contribution in [1.82, 2.24) is 0 Å². The summed E-state index contributed by atoms with van der Waals surface area (Å²) in [7, 11) is 9.75. The molecule has 1 saturated carbocycles. The second kappa shape index (κ2) is 7.82. The van der Waals surface area contributed by atoms with Crippen LogP contribution < -0.4 is 0 Å². The van der Waals surface area contributed by atoms with E-state index in [1.54, 1.807) is 0 Å². The molecule has 0 aliphatic heterocycles. The van der Waals surface area contributed by atoms with Gasteiger partial charge in [-0.25, -0.2) is 0 Å². The predicted molar refractivity (Wildman–Crippen MR) is 46.4 cm³/mol. The van der Waals surface area contributed by atoms with Crippen molar-refractivity contribution in [3.8, 4) is 0 Å². The van der Waals surface area contributed by atoms with E-state index in [2.05, 4.69) is 0 Å². The zero-order valence-electron chi connectivity index (χ0n) is 6.06. The van der Waals surface area contributed by atoms with Crippen LogP contribution >= 0.6 is 18.8 Å². The van der Waals surface area contributed by atoms with Crippen molar-refractivity contribution in [2.45, 2.75) is 37.8 Å². The van der Waals surface area contributed by atoms with Gasteiger partial charge in [0.1, 0.15) is 0 Å². The van der Waals surface area contributed by atoms with E-state index in [0.29, 0.717) is 0 Å². The third-order valence-corrected chi connectivity index (χ3v) is 1.67. The smallest absolute Gasteiger partial charge is 0.0561 e. The summed E-state index contributed by atoms with van der Waals surface area (Å²) in [5, 5.41) is 0. The SMILES string of the molecule is [Cl][Pt+2][Cl].[NH-]C1CCCC([NH-])C1. The maximum atomic E-state index is 7.28. The number of halogens is 2. The Morgan fingerprint density at radius 2 is 1.45 bits per heavy atom. The van der Waals surface area contributed by atoms with E-state index in [9.17, 15) is 0 Å². The van der Waals surface area contributed by atoms with Gasteiger partial charge in [0.05, 0.1) is 0 Å². The van der Waals surface area contributed by atoms with Gasteiger partial charge in [-0.2, -0.15) is 0 Å². The second-order valence-corrected chi connectivity index (χ2v) is 5.89. The maximum absolute atomic E-state index is 7.28. The van der Waals surface area contributed by atoms with Gasteiger partial charge in [-0.05, 0) is 0 Å². The van der Waals surface area contributed by atoms with E-state index in [4.69, 9.17) is 30.3 Å². The second-order valence-electron chi connectivity index (χ2n) is 2.61. The molecule has 2 atom stereocenters. The molecule has 70 valence electrons. The van der Waals surface area contributed by atoms with Crippen LogP contribution in [0.15, 0.2) is 0 Å². The van der Waals surface area contributed by atoms with Crippen LogP contribution in [0.25, 0.3) is 11.5 Å². The minimum absolute atomic E-state index is 0.0752. The van der Waals surface area contributed by atoms with Crippen LogP contribution in [-0.2, 0) is 16.5 Å². The number of hydrogen-bond acceptors (Lipinski definition) is 0. The Kier molecular flexibility index (Phi) is 8.66. The first-order chi connectivity index (χ1) is 5.20. The van der Waals surface area contributed by atoms with Gasteiger partial charge in [0.2, 0.25) is 0 Å². The molecule has 0 radical (unpaired) electrons. The number of rotatable bonds is 0. The minimum atomic E-state index is -0.472. The molecule has 0 aromatic rings. The summed E-state index contributed by atoms with van der Waals surface area (Å²) in [4.78, 5) is 0. The van der Waals surface area contributed by atoms with E-state index < -0.39 is 16.5 Å². The van der Waals surface area contributed by atoms with E-state index in [1.807, 2.05) is 0 Å². The average molecular weight is 378 g/mol. The maximum Gasteiger partial charge on any atom is -0.0561 e. The molecule has 0 aromatic heterocycles. The third kappa shape index (κ3) is 7.55. The first-order valence-electron chi connectivity index (χ1n) is 3.45. The van der Waals surface area contributed by atoms with Gasteiger partial charge in [0.15, 0.2) is 0 Å². The van der Waals surface area contributed by atoms with Crippen LogP contribution in [-0.4, -0.2) is 12.1 Å². The molecule has 0 spiro atoms. The molecule has 5 heteroatoms. The molecule has 0 saturated heterocycles. The number of hydrogen-bond donors (Lipinski definition) is 0. The molecule has 2 nitrogen and oxygen atoms in total. The van der Waals surface area contributed by atoms with Gasteiger partial charge in [0, 0.05) is 0 Å². The largest absolute Gasteiger partial charge is 0.675 e. The average Bonchev–Trinajstić information content (AvgIpc) is 1.88. The minimum Gasteiger partial charge on any atom is -0.675 e. The number of nitrogens with one attached hydrogen (secondary N) is 2. The van der Waals surface area contributed by atoms with Crippen molar-refractivity contribution >= 4 is 18.8 Å². The molecule has 11 heavy (non-hydrogen) atoms. The topological polar surface area (TPSA) is 47.6 Å². The van der Waals surface area contributed by atoms with E-state index in [-0.39, 0.29) is 12.1 Å². The summed E-state index contributed by atoms with van der Waals surface area (Å²) in [6, 6.07) is 0.150. The summed E-state index contributed by atoms with van der Waals surface area (Å²) >= 11 is -0.472. The van der Waals surface area contributed by atoms with Crippen molar-refractivity contribution in [1.29, 1.82) is 0 Å². The van der Waals surface area contributed by atoms with Gasteiger partial charge in [0.25, 0.3) is 0 Å². The summed E-state index contributed by atoms with van der Waals surface area (Å²) in [5.74, 6) is 0. The van der Waals surface area contributed by atoms with Crippen LogP contribution in [0.1, 0.15) is 25.7 Å². The quantitative estimate of drug-likeness (QED) is 0.616. The molecule has 2 unspecified atom stereocenters. The van der Waals surface area contributed by atoms with Crippen molar-refractivity contribution in [3.63, 3.8) is 0 Å². The standard InChI is InChI=1S/C6H12N2.2ClH.Pt/c7-5-2-1-3-6(8)4-5;;;/h5-8H,1-4H2;2*1H;/q-2;;;+4/p-2. The summed E-state index contributed by atoms with van der Waals surface area (Å²) in [6.07, 6.45) is 3.95. The molecule has 0 aromatic carbocycles. The molecule has 0 heterocycles. The molecular formula is C6H12Cl2N2Pt. The van der Waals surface area contributed by atoms with Crippen LogP contribution in [0.5, 0.6) is 0 Å². The molecule has 0 amide bonds. The third-order valence-electron chi connectivity index (χ3n) is 1.67. The molecule has 1 aliphatic carbocycles. The summed E-state index contributed by atoms with van der Waals surface area (Å²) in [6.45, 7) is 0. The van der Waals surface area contributed by atoms with E-state index >= 15 is 0 Å². The fraction of sp³-hybridized carbons (Fsp3) is 1.00. The molecule has 1 fully saturated rings. The molecule has 1 aliphatic rings. The fourth-order valence-corrected chi connectivity index (χ4v) is 1.19. The van der Waals surface area contributed by atoms with Gasteiger partial charge < -0.3 is 11.5 Å². The zero-order chi connectivity index (χ0) is 8.69.